The first-order valence-electron chi connectivity index (χ1n) is 15.7. The van der Waals surface area contributed by atoms with Gasteiger partial charge in [0, 0.05) is 44.0 Å². The average Bonchev–Trinajstić information content (AvgIpc) is 3.39. The number of carbonyl (C=O) groups excluding carboxylic acids is 2. The lowest BCUT2D eigenvalue weighted by molar-refractivity contribution is 0.0795. The van der Waals surface area contributed by atoms with Crippen LogP contribution in [0.2, 0.25) is 0 Å². The molecule has 0 spiro atoms. The highest BCUT2D eigenvalue weighted by Crippen LogP contribution is 2.38. The summed E-state index contributed by atoms with van der Waals surface area (Å²) in [5.41, 5.74) is 4.92. The number of aromatic nitrogens is 2. The monoisotopic (exact) mass is 604 g/mol. The first kappa shape index (κ1) is 30.1. The summed E-state index contributed by atoms with van der Waals surface area (Å²) in [7, 11) is 0. The molecule has 3 aromatic rings. The average molecular weight is 605 g/mol. The predicted octanol–water partition coefficient (Wildman–Crippen LogP) is 3.86. The second kappa shape index (κ2) is 12.6. The largest absolute Gasteiger partial charge is 0.393 e. The minimum Gasteiger partial charge on any atom is -0.393 e. The highest BCUT2D eigenvalue weighted by molar-refractivity contribution is 7.19. The van der Waals surface area contributed by atoms with E-state index in [0.717, 1.165) is 86.4 Å². The zero-order valence-electron chi connectivity index (χ0n) is 25.5. The van der Waals surface area contributed by atoms with E-state index in [2.05, 4.69) is 47.7 Å². The predicted molar refractivity (Wildman–Crippen MR) is 169 cm³/mol. The van der Waals surface area contributed by atoms with Crippen LogP contribution in [0.4, 0.5) is 0 Å². The van der Waals surface area contributed by atoms with Crippen molar-refractivity contribution in [3.05, 3.63) is 57.7 Å². The highest BCUT2D eigenvalue weighted by Gasteiger charge is 2.30. The Morgan fingerprint density at radius 1 is 1.12 bits per heavy atom. The van der Waals surface area contributed by atoms with E-state index in [-0.39, 0.29) is 35.4 Å². The van der Waals surface area contributed by atoms with Crippen LogP contribution in [0.3, 0.4) is 0 Å². The van der Waals surface area contributed by atoms with Crippen LogP contribution in [-0.2, 0) is 12.8 Å². The van der Waals surface area contributed by atoms with Crippen molar-refractivity contribution in [2.45, 2.75) is 77.5 Å². The Kier molecular flexibility index (Phi) is 8.82. The Balaban J connectivity index is 1.21. The van der Waals surface area contributed by atoms with Gasteiger partial charge in [-0.2, -0.15) is 0 Å². The number of aryl methyl sites for hydroxylation is 1. The zero-order chi connectivity index (χ0) is 30.1. The Bertz CT molecular complexity index is 1470. The fourth-order valence-electron chi connectivity index (χ4n) is 6.40. The minimum absolute atomic E-state index is 0.0987. The van der Waals surface area contributed by atoms with Crippen LogP contribution in [-0.4, -0.2) is 76.7 Å². The molecule has 4 N–H and O–H groups in total. The number of fused-ring (bicyclic) bond motifs is 2. The van der Waals surface area contributed by atoms with Crippen LogP contribution in [0, 0.1) is 11.3 Å². The molecular formula is C33H44N6O3S. The molecule has 9 nitrogen and oxygen atoms in total. The number of hydrogen-bond acceptors (Lipinski definition) is 8. The van der Waals surface area contributed by atoms with Crippen molar-refractivity contribution < 1.29 is 14.7 Å². The molecule has 1 aromatic carbocycles. The molecular weight excluding hydrogens is 560 g/mol. The van der Waals surface area contributed by atoms with E-state index >= 15 is 0 Å². The molecule has 6 rings (SSSR count). The van der Waals surface area contributed by atoms with E-state index in [0.29, 0.717) is 22.9 Å². The molecule has 2 atom stereocenters. The van der Waals surface area contributed by atoms with Gasteiger partial charge in [0.05, 0.1) is 18.2 Å². The lowest BCUT2D eigenvalue weighted by atomic mass is 9.71. The van der Waals surface area contributed by atoms with E-state index in [9.17, 15) is 14.7 Å². The van der Waals surface area contributed by atoms with E-state index in [1.807, 2.05) is 24.3 Å². The number of aliphatic hydroxyl groups excluding tert-OH is 1. The van der Waals surface area contributed by atoms with Crippen molar-refractivity contribution in [1.29, 1.82) is 0 Å². The van der Waals surface area contributed by atoms with Crippen molar-refractivity contribution in [2.24, 2.45) is 11.3 Å². The summed E-state index contributed by atoms with van der Waals surface area (Å²) in [4.78, 5) is 39.4. The van der Waals surface area contributed by atoms with E-state index in [1.54, 1.807) is 0 Å². The number of rotatable bonds is 8. The Morgan fingerprint density at radius 2 is 1.91 bits per heavy atom. The maximum Gasteiger partial charge on any atom is 0.280 e. The summed E-state index contributed by atoms with van der Waals surface area (Å²) in [5.74, 6) is 0.286. The summed E-state index contributed by atoms with van der Waals surface area (Å²) in [6.45, 7) is 10.9. The van der Waals surface area contributed by atoms with Crippen LogP contribution >= 0.6 is 11.3 Å². The van der Waals surface area contributed by atoms with Gasteiger partial charge in [-0.15, -0.1) is 0 Å². The van der Waals surface area contributed by atoms with Crippen molar-refractivity contribution in [1.82, 2.24) is 30.8 Å². The molecule has 0 unspecified atom stereocenters. The number of nitrogens with zero attached hydrogens (tertiary/aromatic N) is 3. The summed E-state index contributed by atoms with van der Waals surface area (Å²) < 4.78 is 0. The van der Waals surface area contributed by atoms with Gasteiger partial charge in [0.25, 0.3) is 11.8 Å². The van der Waals surface area contributed by atoms with Crippen molar-refractivity contribution in [3.8, 4) is 0 Å². The van der Waals surface area contributed by atoms with Gasteiger partial charge in [-0.25, -0.2) is 9.97 Å². The highest BCUT2D eigenvalue weighted by atomic mass is 32.1. The molecule has 10 heteroatoms. The molecule has 4 heterocycles. The number of carbonyl (C=O) groups is 2. The summed E-state index contributed by atoms with van der Waals surface area (Å²) in [6, 6.07) is 9.58. The zero-order valence-corrected chi connectivity index (χ0v) is 26.3. The number of piperidine rings is 1. The molecule has 2 saturated heterocycles. The lowest BCUT2D eigenvalue weighted by Gasteiger charge is -2.34. The molecule has 2 aliphatic heterocycles. The summed E-state index contributed by atoms with van der Waals surface area (Å²) >= 11 is 1.35. The van der Waals surface area contributed by atoms with E-state index < -0.39 is 0 Å². The van der Waals surface area contributed by atoms with Gasteiger partial charge in [-0.1, -0.05) is 44.2 Å². The second-order valence-corrected chi connectivity index (χ2v) is 14.6. The van der Waals surface area contributed by atoms with Crippen LogP contribution in [0.5, 0.6) is 0 Å². The maximum absolute atomic E-state index is 13.7. The van der Waals surface area contributed by atoms with Gasteiger partial charge < -0.3 is 26.0 Å². The molecule has 230 valence electrons. The number of pyridine rings is 1. The SMILES string of the molecule is CC(C)(C)[C@H]1CCc2nc3sc(C(=O)N[C@H](CCN4CCC(O)CC4)c4cccc(C(=O)NC5CNC5)c4)nc3cc2C1. The lowest BCUT2D eigenvalue weighted by Crippen LogP contribution is -2.56. The van der Waals surface area contributed by atoms with Gasteiger partial charge in [0.15, 0.2) is 5.01 Å². The van der Waals surface area contributed by atoms with Gasteiger partial charge in [-0.05, 0) is 79.2 Å². The number of likely N-dealkylation sites (tertiary alicyclic amines) is 1. The van der Waals surface area contributed by atoms with Crippen LogP contribution in [0.1, 0.15) is 89.5 Å². The van der Waals surface area contributed by atoms with Gasteiger partial charge in [0.1, 0.15) is 10.3 Å². The fourth-order valence-corrected chi connectivity index (χ4v) is 7.25. The molecule has 0 radical (unpaired) electrons. The number of aliphatic hydroxyl groups is 1. The Morgan fingerprint density at radius 3 is 2.63 bits per heavy atom. The van der Waals surface area contributed by atoms with Crippen LogP contribution < -0.4 is 16.0 Å². The number of thiazole rings is 1. The molecule has 0 saturated carbocycles. The van der Waals surface area contributed by atoms with Crippen molar-refractivity contribution >= 4 is 33.5 Å². The van der Waals surface area contributed by atoms with Gasteiger partial charge in [0.2, 0.25) is 0 Å². The normalized spacial score (nSPS) is 20.8. The van der Waals surface area contributed by atoms with Crippen LogP contribution in [0.15, 0.2) is 30.3 Å². The third kappa shape index (κ3) is 7.09. The second-order valence-electron chi connectivity index (χ2n) is 13.6. The molecule has 0 bridgehead atoms. The van der Waals surface area contributed by atoms with E-state index in [1.165, 1.54) is 16.9 Å². The standard InChI is InChI=1S/C33H44N6O3S/c1-33(2,3)23-7-8-26-22(16-23)17-28-31(37-26)43-32(38-28)30(42)36-27(11-14-39-12-9-25(40)10-13-39)20-5-4-6-21(15-20)29(41)35-24-18-34-19-24/h4-6,15,17,23-25,27,34,40H,7-14,16,18-19H2,1-3H3,(H,35,41)(H,36,42)/t23-,27+/m0/s1. The van der Waals surface area contributed by atoms with E-state index in [4.69, 9.17) is 9.97 Å². The third-order valence-electron chi connectivity index (χ3n) is 9.43. The quantitative estimate of drug-likeness (QED) is 0.308. The number of nitrogens with one attached hydrogen (secondary N) is 3. The first-order chi connectivity index (χ1) is 20.6. The Hall–Kier alpha value is -2.92. The number of hydrogen-bond donors (Lipinski definition) is 4. The van der Waals surface area contributed by atoms with Gasteiger partial charge >= 0.3 is 0 Å². The smallest absolute Gasteiger partial charge is 0.280 e. The first-order valence-corrected chi connectivity index (χ1v) is 16.6. The molecule has 3 aliphatic rings. The third-order valence-corrected chi connectivity index (χ3v) is 10.4. The number of amides is 2. The summed E-state index contributed by atoms with van der Waals surface area (Å²) in [5, 5.41) is 19.8. The molecule has 2 amide bonds. The van der Waals surface area contributed by atoms with Crippen LogP contribution in [0.25, 0.3) is 10.3 Å². The van der Waals surface area contributed by atoms with Crippen molar-refractivity contribution in [2.75, 3.05) is 32.7 Å². The Labute approximate surface area is 257 Å². The van der Waals surface area contributed by atoms with Gasteiger partial charge in [-0.3, -0.25) is 9.59 Å². The molecule has 1 aliphatic carbocycles. The number of benzene rings is 1. The molecule has 2 aromatic heterocycles. The molecule has 2 fully saturated rings. The minimum atomic E-state index is -0.293. The van der Waals surface area contributed by atoms with Crippen molar-refractivity contribution in [3.63, 3.8) is 0 Å². The fraction of sp³-hybridized carbons (Fsp3) is 0.576. The summed E-state index contributed by atoms with van der Waals surface area (Å²) in [6.07, 6.45) is 5.08. The maximum atomic E-state index is 13.7. The topological polar surface area (TPSA) is 119 Å². The molecule has 43 heavy (non-hydrogen) atoms.